The van der Waals surface area contributed by atoms with E-state index in [4.69, 9.17) is 21.1 Å². The molecule has 3 aromatic carbocycles. The number of rotatable bonds is 7. The molecule has 1 heterocycles. The molecule has 9 heteroatoms. The van der Waals surface area contributed by atoms with E-state index in [2.05, 4.69) is 0 Å². The lowest BCUT2D eigenvalue weighted by atomic mass is 10.1. The number of hydrogen-bond acceptors (Lipinski definition) is 5. The van der Waals surface area contributed by atoms with Gasteiger partial charge in [-0.2, -0.15) is 0 Å². The van der Waals surface area contributed by atoms with Crippen molar-refractivity contribution in [3.05, 3.63) is 98.9 Å². The Morgan fingerprint density at radius 2 is 1.76 bits per heavy atom. The summed E-state index contributed by atoms with van der Waals surface area (Å²) < 4.78 is 38.6. The Bertz CT molecular complexity index is 1260. The molecule has 0 unspecified atom stereocenters. The fraction of sp³-hybridized carbons (Fsp3) is 0.120. The standard InChI is InChI=1S/C25H18ClF2NO4S/c1-32-21-7-2-4-16(23(21)33-14-18-19(26)5-3-6-20(18)28)12-22-24(30)29(25(31)34-22)13-15-8-10-17(27)11-9-15/h2-12H,13-14H2,1H3/b22-12-. The van der Waals surface area contributed by atoms with E-state index in [0.29, 0.717) is 16.9 Å². The normalized spacial score (nSPS) is 14.7. The van der Waals surface area contributed by atoms with Crippen molar-refractivity contribution < 1.29 is 27.8 Å². The molecule has 0 N–H and O–H groups in total. The molecule has 0 bridgehead atoms. The second-order valence-electron chi connectivity index (χ2n) is 7.26. The van der Waals surface area contributed by atoms with Gasteiger partial charge in [0.2, 0.25) is 0 Å². The summed E-state index contributed by atoms with van der Waals surface area (Å²) in [5, 5.41) is -0.220. The predicted octanol–water partition coefficient (Wildman–Crippen LogP) is 6.44. The fourth-order valence-electron chi connectivity index (χ4n) is 3.33. The largest absolute Gasteiger partial charge is 0.493 e. The predicted molar refractivity (Wildman–Crippen MR) is 127 cm³/mol. The van der Waals surface area contributed by atoms with Gasteiger partial charge in [0, 0.05) is 11.1 Å². The van der Waals surface area contributed by atoms with Gasteiger partial charge in [0.15, 0.2) is 11.5 Å². The molecule has 5 nitrogen and oxygen atoms in total. The number of benzene rings is 3. The van der Waals surface area contributed by atoms with E-state index < -0.39 is 22.8 Å². The minimum atomic E-state index is -0.508. The number of thioether (sulfide) groups is 1. The molecular weight excluding hydrogens is 484 g/mol. The summed E-state index contributed by atoms with van der Waals surface area (Å²) in [6.45, 7) is -0.145. The summed E-state index contributed by atoms with van der Waals surface area (Å²) in [7, 11) is 1.46. The van der Waals surface area contributed by atoms with Gasteiger partial charge in [0.05, 0.1) is 23.6 Å². The Morgan fingerprint density at radius 1 is 1.03 bits per heavy atom. The lowest BCUT2D eigenvalue weighted by Crippen LogP contribution is -2.27. The molecule has 174 valence electrons. The minimum Gasteiger partial charge on any atom is -0.493 e. The van der Waals surface area contributed by atoms with Gasteiger partial charge in [0.1, 0.15) is 18.2 Å². The molecule has 1 aliphatic rings. The van der Waals surface area contributed by atoms with Crippen LogP contribution >= 0.6 is 23.4 Å². The second kappa shape index (κ2) is 10.3. The zero-order valence-corrected chi connectivity index (χ0v) is 19.5. The summed E-state index contributed by atoms with van der Waals surface area (Å²) in [5.74, 6) is -0.752. The first-order chi connectivity index (χ1) is 16.4. The first kappa shape index (κ1) is 23.8. The van der Waals surface area contributed by atoms with Gasteiger partial charge in [-0.25, -0.2) is 8.78 Å². The van der Waals surface area contributed by atoms with Crippen LogP contribution in [0.15, 0.2) is 65.6 Å². The molecule has 1 saturated heterocycles. The lowest BCUT2D eigenvalue weighted by molar-refractivity contribution is -0.123. The number of hydrogen-bond donors (Lipinski definition) is 0. The Labute approximate surface area is 203 Å². The summed E-state index contributed by atoms with van der Waals surface area (Å²) >= 11 is 6.89. The molecule has 0 atom stereocenters. The number of ether oxygens (including phenoxy) is 2. The number of imide groups is 1. The summed E-state index contributed by atoms with van der Waals surface area (Å²) in [5.41, 5.74) is 1.27. The second-order valence-corrected chi connectivity index (χ2v) is 8.66. The number of halogens is 3. The molecule has 0 aliphatic carbocycles. The number of nitrogens with zero attached hydrogens (tertiary/aromatic N) is 1. The summed E-state index contributed by atoms with van der Waals surface area (Å²) in [4.78, 5) is 26.7. The van der Waals surface area contributed by atoms with Crippen LogP contribution < -0.4 is 9.47 Å². The molecule has 34 heavy (non-hydrogen) atoms. The lowest BCUT2D eigenvalue weighted by Gasteiger charge is -2.15. The maximum Gasteiger partial charge on any atom is 0.293 e. The highest BCUT2D eigenvalue weighted by atomic mass is 35.5. The van der Waals surface area contributed by atoms with E-state index in [1.54, 1.807) is 24.3 Å². The molecule has 1 aliphatic heterocycles. The minimum absolute atomic E-state index is 0.0234. The van der Waals surface area contributed by atoms with Gasteiger partial charge in [-0.05, 0) is 53.7 Å². The van der Waals surface area contributed by atoms with Crippen LogP contribution in [0.25, 0.3) is 6.08 Å². The molecule has 0 radical (unpaired) electrons. The zero-order valence-electron chi connectivity index (χ0n) is 17.9. The van der Waals surface area contributed by atoms with Crippen molar-refractivity contribution in [2.24, 2.45) is 0 Å². The van der Waals surface area contributed by atoms with Gasteiger partial charge in [-0.15, -0.1) is 0 Å². The molecule has 4 rings (SSSR count). The van der Waals surface area contributed by atoms with Crippen molar-refractivity contribution in [2.45, 2.75) is 13.2 Å². The SMILES string of the molecule is COc1cccc(/C=C2\SC(=O)N(Cc3ccc(F)cc3)C2=O)c1OCc1c(F)cccc1Cl. The highest BCUT2D eigenvalue weighted by molar-refractivity contribution is 8.18. The highest BCUT2D eigenvalue weighted by Gasteiger charge is 2.35. The first-order valence-electron chi connectivity index (χ1n) is 10.1. The van der Waals surface area contributed by atoms with Crippen LogP contribution in [0, 0.1) is 11.6 Å². The van der Waals surface area contributed by atoms with Crippen molar-refractivity contribution in [3.63, 3.8) is 0 Å². The van der Waals surface area contributed by atoms with E-state index in [9.17, 15) is 18.4 Å². The number of amides is 2. The van der Waals surface area contributed by atoms with Crippen LogP contribution in [0.1, 0.15) is 16.7 Å². The average molecular weight is 502 g/mol. The molecule has 0 aromatic heterocycles. The van der Waals surface area contributed by atoms with Crippen molar-refractivity contribution in [1.82, 2.24) is 4.90 Å². The summed E-state index contributed by atoms with van der Waals surface area (Å²) in [6.07, 6.45) is 1.52. The third-order valence-electron chi connectivity index (χ3n) is 5.07. The molecule has 3 aromatic rings. The van der Waals surface area contributed by atoms with Crippen molar-refractivity contribution >= 4 is 40.6 Å². The van der Waals surface area contributed by atoms with Crippen molar-refractivity contribution in [3.8, 4) is 11.5 Å². The third-order valence-corrected chi connectivity index (χ3v) is 6.33. The Balaban J connectivity index is 1.60. The number of para-hydroxylation sites is 1. The highest BCUT2D eigenvalue weighted by Crippen LogP contribution is 2.38. The summed E-state index contributed by atoms with van der Waals surface area (Å²) in [6, 6.07) is 15.0. The van der Waals surface area contributed by atoms with Gasteiger partial charge in [-0.3, -0.25) is 14.5 Å². The quantitative estimate of drug-likeness (QED) is 0.349. The zero-order chi connectivity index (χ0) is 24.2. The molecule has 1 fully saturated rings. The van der Waals surface area contributed by atoms with Crippen molar-refractivity contribution in [2.75, 3.05) is 7.11 Å². The maximum atomic E-state index is 14.2. The van der Waals surface area contributed by atoms with Crippen LogP contribution in [0.3, 0.4) is 0 Å². The van der Waals surface area contributed by atoms with Crippen LogP contribution in [-0.4, -0.2) is 23.2 Å². The molecule has 2 amide bonds. The van der Waals surface area contributed by atoms with E-state index in [1.807, 2.05) is 0 Å². The monoisotopic (exact) mass is 501 g/mol. The fourth-order valence-corrected chi connectivity index (χ4v) is 4.37. The molecule has 0 spiro atoms. The van der Waals surface area contributed by atoms with Crippen molar-refractivity contribution in [1.29, 1.82) is 0 Å². The molecule has 0 saturated carbocycles. The van der Waals surface area contributed by atoms with Crippen LogP contribution in [0.4, 0.5) is 13.6 Å². The van der Waals surface area contributed by atoms with Gasteiger partial charge < -0.3 is 9.47 Å². The number of carbonyl (C=O) groups is 2. The van der Waals surface area contributed by atoms with E-state index >= 15 is 0 Å². The average Bonchev–Trinajstić information content (AvgIpc) is 3.08. The third kappa shape index (κ3) is 5.08. The van der Waals surface area contributed by atoms with E-state index in [0.717, 1.165) is 16.7 Å². The number of carbonyl (C=O) groups excluding carboxylic acids is 2. The molecular formula is C25H18ClF2NO4S. The van der Waals surface area contributed by atoms with E-state index in [-0.39, 0.29) is 34.4 Å². The van der Waals surface area contributed by atoms with Gasteiger partial charge >= 0.3 is 0 Å². The van der Waals surface area contributed by atoms with E-state index in [1.165, 1.54) is 49.6 Å². The Morgan fingerprint density at radius 3 is 2.47 bits per heavy atom. The number of methoxy groups -OCH3 is 1. The van der Waals surface area contributed by atoms with Crippen LogP contribution in [0.5, 0.6) is 11.5 Å². The van der Waals surface area contributed by atoms with Gasteiger partial charge in [0.25, 0.3) is 11.1 Å². The maximum absolute atomic E-state index is 14.2. The smallest absolute Gasteiger partial charge is 0.293 e. The first-order valence-corrected chi connectivity index (χ1v) is 11.3. The van der Waals surface area contributed by atoms with Crippen LogP contribution in [-0.2, 0) is 17.9 Å². The van der Waals surface area contributed by atoms with Gasteiger partial charge in [-0.1, -0.05) is 41.9 Å². The van der Waals surface area contributed by atoms with Crippen LogP contribution in [0.2, 0.25) is 5.02 Å². The Hall–Kier alpha value is -3.36. The Kier molecular flexibility index (Phi) is 7.19. The topological polar surface area (TPSA) is 55.8 Å².